The molecule has 0 nitrogen and oxygen atoms in total. The second-order valence-electron chi connectivity index (χ2n) is 8.83. The lowest BCUT2D eigenvalue weighted by atomic mass is 9.87. The van der Waals surface area contributed by atoms with Gasteiger partial charge >= 0.3 is 0 Å². The van der Waals surface area contributed by atoms with Crippen LogP contribution in [0.1, 0.15) is 96.1 Å². The second kappa shape index (κ2) is 10.6. The van der Waals surface area contributed by atoms with Gasteiger partial charge in [-0.15, -0.1) is 0 Å². The van der Waals surface area contributed by atoms with E-state index in [1.165, 1.54) is 38.2 Å². The minimum atomic E-state index is -3.27. The number of hydrogen-bond donors (Lipinski definition) is 0. The van der Waals surface area contributed by atoms with Crippen molar-refractivity contribution in [3.63, 3.8) is 0 Å². The predicted molar refractivity (Wildman–Crippen MR) is 108 cm³/mol. The van der Waals surface area contributed by atoms with Crippen LogP contribution in [0.15, 0.2) is 12.1 Å². The molecule has 0 saturated carbocycles. The SMILES string of the molecule is CCCC(C)CCCC(CCC)CCCC1Cc2ccc(F)c(F)c2C1(F)F. The predicted octanol–water partition coefficient (Wildman–Crippen LogP) is 8.42. The van der Waals surface area contributed by atoms with Gasteiger partial charge in [0.15, 0.2) is 11.6 Å². The Hall–Kier alpha value is -1.06. The summed E-state index contributed by atoms with van der Waals surface area (Å²) in [4.78, 5) is 0. The lowest BCUT2D eigenvalue weighted by Crippen LogP contribution is -2.22. The topological polar surface area (TPSA) is 0 Å². The molecule has 0 radical (unpaired) electrons. The largest absolute Gasteiger partial charge is 0.279 e. The van der Waals surface area contributed by atoms with Gasteiger partial charge in [0.25, 0.3) is 5.92 Å². The van der Waals surface area contributed by atoms with Gasteiger partial charge < -0.3 is 0 Å². The summed E-state index contributed by atoms with van der Waals surface area (Å²) in [6.45, 7) is 6.69. The molecule has 1 aliphatic rings. The molecular weight excluding hydrogens is 364 g/mol. The summed E-state index contributed by atoms with van der Waals surface area (Å²) >= 11 is 0. The number of benzene rings is 1. The molecule has 3 atom stereocenters. The molecular formula is C24H36F4. The average molecular weight is 401 g/mol. The molecule has 0 saturated heterocycles. The van der Waals surface area contributed by atoms with E-state index in [0.29, 0.717) is 12.3 Å². The zero-order chi connectivity index (χ0) is 20.7. The van der Waals surface area contributed by atoms with E-state index < -0.39 is 29.0 Å². The van der Waals surface area contributed by atoms with Gasteiger partial charge in [0.2, 0.25) is 0 Å². The summed E-state index contributed by atoms with van der Waals surface area (Å²) in [5, 5.41) is 0. The van der Waals surface area contributed by atoms with Crippen molar-refractivity contribution in [3.05, 3.63) is 34.9 Å². The van der Waals surface area contributed by atoms with Crippen molar-refractivity contribution in [2.75, 3.05) is 0 Å². The standard InChI is InChI=1S/C24H36F4/c1-4-8-17(3)10-6-11-18(9-5-2)12-7-13-20-16-19-14-15-21(25)23(26)22(19)24(20,27)28/h14-15,17-18,20H,4-13,16H2,1-3H3. The first-order valence-corrected chi connectivity index (χ1v) is 11.2. The van der Waals surface area contributed by atoms with Crippen LogP contribution in [0.5, 0.6) is 0 Å². The molecule has 2 rings (SSSR count). The Labute approximate surface area is 168 Å². The Kier molecular flexibility index (Phi) is 8.82. The van der Waals surface area contributed by atoms with Crippen molar-refractivity contribution in [2.24, 2.45) is 17.8 Å². The molecule has 160 valence electrons. The third kappa shape index (κ3) is 5.73. The average Bonchev–Trinajstić information content (AvgIpc) is 2.89. The van der Waals surface area contributed by atoms with Crippen LogP contribution in [-0.2, 0) is 12.3 Å². The third-order valence-electron chi connectivity index (χ3n) is 6.45. The monoisotopic (exact) mass is 400 g/mol. The highest BCUT2D eigenvalue weighted by atomic mass is 19.3. The summed E-state index contributed by atoms with van der Waals surface area (Å²) < 4.78 is 56.7. The fraction of sp³-hybridized carbons (Fsp3) is 0.750. The Morgan fingerprint density at radius 1 is 0.964 bits per heavy atom. The number of fused-ring (bicyclic) bond motifs is 1. The molecule has 0 heterocycles. The number of halogens is 4. The highest BCUT2D eigenvalue weighted by Gasteiger charge is 2.50. The van der Waals surface area contributed by atoms with Crippen LogP contribution >= 0.6 is 0 Å². The molecule has 28 heavy (non-hydrogen) atoms. The van der Waals surface area contributed by atoms with Crippen molar-refractivity contribution in [2.45, 2.75) is 97.3 Å². The van der Waals surface area contributed by atoms with Crippen molar-refractivity contribution < 1.29 is 17.6 Å². The van der Waals surface area contributed by atoms with Gasteiger partial charge in [-0.3, -0.25) is 0 Å². The molecule has 0 amide bonds. The summed E-state index contributed by atoms with van der Waals surface area (Å²) in [5.74, 6) is -5.37. The normalized spacial score (nSPS) is 20.2. The van der Waals surface area contributed by atoms with Gasteiger partial charge in [-0.05, 0) is 36.3 Å². The van der Waals surface area contributed by atoms with E-state index in [0.717, 1.165) is 37.7 Å². The van der Waals surface area contributed by atoms with Gasteiger partial charge in [-0.25, -0.2) is 17.6 Å². The fourth-order valence-electron chi connectivity index (χ4n) is 4.89. The summed E-state index contributed by atoms with van der Waals surface area (Å²) in [6, 6.07) is 2.28. The van der Waals surface area contributed by atoms with Gasteiger partial charge in [0, 0.05) is 5.92 Å². The Bertz CT molecular complexity index is 611. The molecule has 1 aromatic rings. The molecule has 0 spiro atoms. The third-order valence-corrected chi connectivity index (χ3v) is 6.45. The quantitative estimate of drug-likeness (QED) is 0.309. The zero-order valence-electron chi connectivity index (χ0n) is 17.7. The number of hydrogen-bond acceptors (Lipinski definition) is 0. The highest BCUT2D eigenvalue weighted by molar-refractivity contribution is 5.38. The molecule has 0 fully saturated rings. The molecule has 0 N–H and O–H groups in total. The van der Waals surface area contributed by atoms with Gasteiger partial charge in [-0.1, -0.05) is 84.6 Å². The van der Waals surface area contributed by atoms with Crippen molar-refractivity contribution in [1.82, 2.24) is 0 Å². The Morgan fingerprint density at radius 3 is 2.32 bits per heavy atom. The van der Waals surface area contributed by atoms with Gasteiger partial charge in [0.1, 0.15) is 0 Å². The molecule has 0 aromatic heterocycles. The van der Waals surface area contributed by atoms with Crippen LogP contribution in [0.2, 0.25) is 0 Å². The van der Waals surface area contributed by atoms with E-state index in [1.54, 1.807) is 0 Å². The van der Waals surface area contributed by atoms with Crippen LogP contribution < -0.4 is 0 Å². The first-order valence-electron chi connectivity index (χ1n) is 11.2. The minimum absolute atomic E-state index is 0.145. The molecule has 0 aliphatic heterocycles. The minimum Gasteiger partial charge on any atom is -0.204 e. The van der Waals surface area contributed by atoms with E-state index in [2.05, 4.69) is 20.8 Å². The van der Waals surface area contributed by atoms with E-state index in [-0.39, 0.29) is 12.0 Å². The van der Waals surface area contributed by atoms with Crippen LogP contribution in [0.4, 0.5) is 17.6 Å². The van der Waals surface area contributed by atoms with Crippen LogP contribution in [0, 0.1) is 29.4 Å². The van der Waals surface area contributed by atoms with Crippen LogP contribution in [-0.4, -0.2) is 0 Å². The molecule has 1 aromatic carbocycles. The van der Waals surface area contributed by atoms with Gasteiger partial charge in [-0.2, -0.15) is 0 Å². The Morgan fingerprint density at radius 2 is 1.64 bits per heavy atom. The maximum atomic E-state index is 14.7. The van der Waals surface area contributed by atoms with E-state index in [9.17, 15) is 17.6 Å². The summed E-state index contributed by atoms with van der Waals surface area (Å²) in [6.07, 6.45) is 10.6. The number of alkyl halides is 2. The first kappa shape index (κ1) is 23.2. The first-order chi connectivity index (χ1) is 13.3. The van der Waals surface area contributed by atoms with Crippen molar-refractivity contribution in [3.8, 4) is 0 Å². The van der Waals surface area contributed by atoms with Crippen LogP contribution in [0.25, 0.3) is 0 Å². The lowest BCUT2D eigenvalue weighted by Gasteiger charge is -2.22. The fourth-order valence-corrected chi connectivity index (χ4v) is 4.89. The second-order valence-corrected chi connectivity index (χ2v) is 8.83. The van der Waals surface area contributed by atoms with Crippen molar-refractivity contribution in [1.29, 1.82) is 0 Å². The van der Waals surface area contributed by atoms with E-state index in [4.69, 9.17) is 0 Å². The van der Waals surface area contributed by atoms with Crippen molar-refractivity contribution >= 4 is 0 Å². The Balaban J connectivity index is 1.84. The summed E-state index contributed by atoms with van der Waals surface area (Å²) in [5.41, 5.74) is -0.434. The molecule has 0 bridgehead atoms. The van der Waals surface area contributed by atoms with Crippen LogP contribution in [0.3, 0.4) is 0 Å². The number of rotatable bonds is 12. The maximum Gasteiger partial charge on any atom is 0.279 e. The molecule has 3 unspecified atom stereocenters. The zero-order valence-corrected chi connectivity index (χ0v) is 17.7. The lowest BCUT2D eigenvalue weighted by molar-refractivity contribution is -0.0589. The smallest absolute Gasteiger partial charge is 0.204 e. The summed E-state index contributed by atoms with van der Waals surface area (Å²) in [7, 11) is 0. The van der Waals surface area contributed by atoms with E-state index >= 15 is 0 Å². The highest BCUT2D eigenvalue weighted by Crippen LogP contribution is 2.49. The maximum absolute atomic E-state index is 14.7. The van der Waals surface area contributed by atoms with E-state index in [1.807, 2.05) is 0 Å². The van der Waals surface area contributed by atoms with Gasteiger partial charge in [0.05, 0.1) is 5.56 Å². The molecule has 1 aliphatic carbocycles. The molecule has 4 heteroatoms.